The van der Waals surface area contributed by atoms with Gasteiger partial charge in [0.05, 0.1) is 0 Å². The number of ether oxygens (including phenoxy) is 1. The monoisotopic (exact) mass is 241 g/mol. The van der Waals surface area contributed by atoms with Crippen molar-refractivity contribution >= 4 is 11.3 Å². The molecule has 0 aliphatic heterocycles. The molecule has 1 unspecified atom stereocenters. The normalized spacial score (nSPS) is 12.9. The second-order valence-electron chi connectivity index (χ2n) is 4.05. The first-order valence-electron chi connectivity index (χ1n) is 6.04. The first-order valence-corrected chi connectivity index (χ1v) is 6.85. The van der Waals surface area contributed by atoms with Gasteiger partial charge in [0.15, 0.2) is 0 Å². The summed E-state index contributed by atoms with van der Waals surface area (Å²) in [5.41, 5.74) is 0. The Hall–Kier alpha value is -0.380. The van der Waals surface area contributed by atoms with Crippen molar-refractivity contribution in [2.75, 3.05) is 20.8 Å². The third-order valence-electron chi connectivity index (χ3n) is 2.82. The molecule has 0 fully saturated rings. The average Bonchev–Trinajstić information content (AvgIpc) is 2.75. The maximum Gasteiger partial charge on any atom is 0.0462 e. The van der Waals surface area contributed by atoms with E-state index in [2.05, 4.69) is 24.4 Å². The van der Waals surface area contributed by atoms with E-state index in [1.807, 2.05) is 18.4 Å². The van der Waals surface area contributed by atoms with Crippen LogP contribution in [0.2, 0.25) is 0 Å². The largest absolute Gasteiger partial charge is 0.385 e. The van der Waals surface area contributed by atoms with Crippen LogP contribution in [0, 0.1) is 0 Å². The van der Waals surface area contributed by atoms with Gasteiger partial charge in [0, 0.05) is 29.5 Å². The second kappa shape index (κ2) is 7.82. The number of methoxy groups -OCH3 is 1. The molecule has 0 aliphatic rings. The van der Waals surface area contributed by atoms with Crippen molar-refractivity contribution < 1.29 is 4.74 Å². The molecule has 0 radical (unpaired) electrons. The van der Waals surface area contributed by atoms with Gasteiger partial charge < -0.3 is 10.1 Å². The first-order chi connectivity index (χ1) is 7.80. The van der Waals surface area contributed by atoms with Gasteiger partial charge in [-0.05, 0) is 44.9 Å². The minimum Gasteiger partial charge on any atom is -0.385 e. The van der Waals surface area contributed by atoms with Crippen molar-refractivity contribution in [2.24, 2.45) is 0 Å². The summed E-state index contributed by atoms with van der Waals surface area (Å²) >= 11 is 1.94. The van der Waals surface area contributed by atoms with Crippen molar-refractivity contribution in [3.05, 3.63) is 21.9 Å². The summed E-state index contributed by atoms with van der Waals surface area (Å²) in [6.07, 6.45) is 4.61. The molecule has 0 saturated heterocycles. The molecule has 1 aromatic rings. The predicted octanol–water partition coefficient (Wildman–Crippen LogP) is 2.87. The fourth-order valence-corrected chi connectivity index (χ4v) is 2.83. The topological polar surface area (TPSA) is 21.3 Å². The Balaban J connectivity index is 2.36. The van der Waals surface area contributed by atoms with Crippen LogP contribution in [0.15, 0.2) is 12.1 Å². The highest BCUT2D eigenvalue weighted by atomic mass is 32.1. The van der Waals surface area contributed by atoms with Crippen molar-refractivity contribution in [2.45, 2.75) is 38.6 Å². The van der Waals surface area contributed by atoms with Crippen molar-refractivity contribution in [1.29, 1.82) is 0 Å². The summed E-state index contributed by atoms with van der Waals surface area (Å²) in [7, 11) is 3.81. The van der Waals surface area contributed by atoms with Crippen molar-refractivity contribution in [3.8, 4) is 0 Å². The average molecular weight is 241 g/mol. The molecule has 0 saturated carbocycles. The lowest BCUT2D eigenvalue weighted by Crippen LogP contribution is -2.27. The Morgan fingerprint density at radius 2 is 2.12 bits per heavy atom. The molecule has 1 N–H and O–H groups in total. The first kappa shape index (κ1) is 13.7. The molecular formula is C13H23NOS. The maximum absolute atomic E-state index is 5.08. The minimum absolute atomic E-state index is 0.582. The molecule has 1 heterocycles. The molecule has 0 amide bonds. The number of nitrogens with one attached hydrogen (secondary N) is 1. The van der Waals surface area contributed by atoms with E-state index in [0.29, 0.717) is 6.04 Å². The Bertz CT molecular complexity index is 285. The maximum atomic E-state index is 5.08. The zero-order valence-electron chi connectivity index (χ0n) is 10.6. The highest BCUT2D eigenvalue weighted by Crippen LogP contribution is 2.19. The Morgan fingerprint density at radius 3 is 2.69 bits per heavy atom. The molecule has 0 spiro atoms. The van der Waals surface area contributed by atoms with Crippen LogP contribution in [-0.4, -0.2) is 26.8 Å². The van der Waals surface area contributed by atoms with E-state index in [4.69, 9.17) is 4.74 Å². The van der Waals surface area contributed by atoms with Crippen LogP contribution >= 0.6 is 11.3 Å². The molecule has 0 aliphatic carbocycles. The molecule has 1 rings (SSSR count). The van der Waals surface area contributed by atoms with E-state index < -0.39 is 0 Å². The number of thiophene rings is 1. The zero-order chi connectivity index (χ0) is 11.8. The third kappa shape index (κ3) is 4.64. The Labute approximate surface area is 103 Å². The van der Waals surface area contributed by atoms with Crippen LogP contribution in [0.5, 0.6) is 0 Å². The number of hydrogen-bond acceptors (Lipinski definition) is 3. The van der Waals surface area contributed by atoms with E-state index in [1.54, 1.807) is 7.11 Å². The van der Waals surface area contributed by atoms with Crippen LogP contribution in [0.25, 0.3) is 0 Å². The van der Waals surface area contributed by atoms with Crippen molar-refractivity contribution in [3.63, 3.8) is 0 Å². The quantitative estimate of drug-likeness (QED) is 0.707. The summed E-state index contributed by atoms with van der Waals surface area (Å²) in [6.45, 7) is 3.08. The fourth-order valence-electron chi connectivity index (χ4n) is 1.79. The molecule has 16 heavy (non-hydrogen) atoms. The van der Waals surface area contributed by atoms with Crippen LogP contribution in [-0.2, 0) is 17.6 Å². The SMILES string of the molecule is CCc1ccc(CC(CCCOC)NC)s1. The number of rotatable bonds is 8. The lowest BCUT2D eigenvalue weighted by molar-refractivity contribution is 0.189. The number of aryl methyl sites for hydroxylation is 1. The molecule has 2 nitrogen and oxygen atoms in total. The lowest BCUT2D eigenvalue weighted by Gasteiger charge is -2.14. The smallest absolute Gasteiger partial charge is 0.0462 e. The highest BCUT2D eigenvalue weighted by molar-refractivity contribution is 7.11. The third-order valence-corrected chi connectivity index (χ3v) is 4.07. The molecule has 92 valence electrons. The van der Waals surface area contributed by atoms with Crippen LogP contribution in [0.3, 0.4) is 0 Å². The van der Waals surface area contributed by atoms with E-state index in [9.17, 15) is 0 Å². The zero-order valence-corrected chi connectivity index (χ0v) is 11.4. The lowest BCUT2D eigenvalue weighted by atomic mass is 10.1. The van der Waals surface area contributed by atoms with Crippen LogP contribution in [0.4, 0.5) is 0 Å². The van der Waals surface area contributed by atoms with Gasteiger partial charge in [-0.25, -0.2) is 0 Å². The van der Waals surface area contributed by atoms with E-state index in [1.165, 1.54) is 16.2 Å². The molecule has 1 atom stereocenters. The van der Waals surface area contributed by atoms with Gasteiger partial charge in [0.2, 0.25) is 0 Å². The highest BCUT2D eigenvalue weighted by Gasteiger charge is 2.08. The van der Waals surface area contributed by atoms with E-state index in [0.717, 1.165) is 25.9 Å². The standard InChI is InChI=1S/C13H23NOS/c1-4-12-7-8-13(16-12)10-11(14-2)6-5-9-15-3/h7-8,11,14H,4-6,9-10H2,1-3H3. The van der Waals surface area contributed by atoms with Gasteiger partial charge in [0.25, 0.3) is 0 Å². The van der Waals surface area contributed by atoms with E-state index >= 15 is 0 Å². The van der Waals surface area contributed by atoms with E-state index in [-0.39, 0.29) is 0 Å². The van der Waals surface area contributed by atoms with Crippen LogP contribution in [0.1, 0.15) is 29.5 Å². The summed E-state index contributed by atoms with van der Waals surface area (Å²) in [5.74, 6) is 0. The van der Waals surface area contributed by atoms with Crippen molar-refractivity contribution in [1.82, 2.24) is 5.32 Å². The summed E-state index contributed by atoms with van der Waals surface area (Å²) in [6, 6.07) is 5.10. The molecule has 1 aromatic heterocycles. The van der Waals surface area contributed by atoms with Gasteiger partial charge in [0.1, 0.15) is 0 Å². The second-order valence-corrected chi connectivity index (χ2v) is 5.30. The predicted molar refractivity (Wildman–Crippen MR) is 71.4 cm³/mol. The summed E-state index contributed by atoms with van der Waals surface area (Å²) in [5, 5.41) is 3.39. The molecule has 0 bridgehead atoms. The van der Waals surface area contributed by atoms with Gasteiger partial charge >= 0.3 is 0 Å². The fraction of sp³-hybridized carbons (Fsp3) is 0.692. The summed E-state index contributed by atoms with van der Waals surface area (Å²) in [4.78, 5) is 2.98. The molecular weight excluding hydrogens is 218 g/mol. The Morgan fingerprint density at radius 1 is 1.38 bits per heavy atom. The Kier molecular flexibility index (Phi) is 6.69. The van der Waals surface area contributed by atoms with Gasteiger partial charge in [-0.3, -0.25) is 0 Å². The van der Waals surface area contributed by atoms with Gasteiger partial charge in [-0.15, -0.1) is 11.3 Å². The molecule has 3 heteroatoms. The number of hydrogen-bond donors (Lipinski definition) is 1. The minimum atomic E-state index is 0.582. The number of likely N-dealkylation sites (N-methyl/N-ethyl adjacent to an activating group) is 1. The van der Waals surface area contributed by atoms with Crippen LogP contribution < -0.4 is 5.32 Å². The van der Waals surface area contributed by atoms with Gasteiger partial charge in [-0.1, -0.05) is 6.92 Å². The summed E-state index contributed by atoms with van der Waals surface area (Å²) < 4.78 is 5.08. The van der Waals surface area contributed by atoms with Gasteiger partial charge in [-0.2, -0.15) is 0 Å². The molecule has 0 aromatic carbocycles.